The lowest BCUT2D eigenvalue weighted by Gasteiger charge is -2.09. The van der Waals surface area contributed by atoms with Gasteiger partial charge in [-0.15, -0.1) is 0 Å². The number of oxime groups is 1. The molecule has 134 valence electrons. The van der Waals surface area contributed by atoms with Gasteiger partial charge in [0.25, 0.3) is 0 Å². The van der Waals surface area contributed by atoms with Crippen LogP contribution < -0.4 is 5.43 Å². The van der Waals surface area contributed by atoms with Crippen LogP contribution in [0.1, 0.15) is 40.6 Å². The Hall–Kier alpha value is -2.57. The van der Waals surface area contributed by atoms with Crippen molar-refractivity contribution in [1.82, 2.24) is 4.98 Å². The highest BCUT2D eigenvalue weighted by Gasteiger charge is 2.29. The van der Waals surface area contributed by atoms with E-state index >= 15 is 0 Å². The van der Waals surface area contributed by atoms with Gasteiger partial charge in [-0.3, -0.25) is 4.79 Å². The second kappa shape index (κ2) is 7.13. The minimum atomic E-state index is -4.37. The lowest BCUT2D eigenvalue weighted by Crippen LogP contribution is -2.21. The van der Waals surface area contributed by atoms with E-state index in [2.05, 4.69) is 10.1 Å². The van der Waals surface area contributed by atoms with Crippen LogP contribution in [0.5, 0.6) is 0 Å². The molecule has 4 nitrogen and oxygen atoms in total. The molecule has 1 aromatic carbocycles. The molecule has 0 aliphatic heterocycles. The maximum atomic E-state index is 12.5. The number of hydrogen-bond donors (Lipinski definition) is 1. The summed E-state index contributed by atoms with van der Waals surface area (Å²) in [7, 11) is 0. The molecule has 7 heteroatoms. The normalized spacial score (nSPS) is 12.4. The molecule has 0 spiro atoms. The zero-order chi connectivity index (χ0) is 18.8. The number of rotatable bonds is 4. The van der Waals surface area contributed by atoms with Gasteiger partial charge in [0.2, 0.25) is 0 Å². The number of hydrogen-bond acceptors (Lipinski definition) is 3. The van der Waals surface area contributed by atoms with Crippen molar-refractivity contribution in [3.63, 3.8) is 0 Å². The summed E-state index contributed by atoms with van der Waals surface area (Å²) in [5.74, 6) is 0. The summed E-state index contributed by atoms with van der Waals surface area (Å²) in [6.07, 6.45) is -4.37. The van der Waals surface area contributed by atoms with Gasteiger partial charge >= 0.3 is 6.18 Å². The predicted molar refractivity (Wildman–Crippen MR) is 89.7 cm³/mol. The number of aromatic nitrogens is 1. The second-order valence-corrected chi connectivity index (χ2v) is 5.85. The molecule has 2 rings (SSSR count). The Morgan fingerprint density at radius 2 is 1.72 bits per heavy atom. The molecule has 0 fully saturated rings. The van der Waals surface area contributed by atoms with Gasteiger partial charge in [0, 0.05) is 17.0 Å². The zero-order valence-corrected chi connectivity index (χ0v) is 14.4. The largest absolute Gasteiger partial charge is 0.416 e. The highest BCUT2D eigenvalue weighted by atomic mass is 19.4. The summed E-state index contributed by atoms with van der Waals surface area (Å²) in [4.78, 5) is 20.7. The average molecular weight is 352 g/mol. The van der Waals surface area contributed by atoms with Gasteiger partial charge in [0.1, 0.15) is 6.61 Å². The Labute approximate surface area is 143 Å². The van der Waals surface area contributed by atoms with Crippen molar-refractivity contribution in [2.24, 2.45) is 5.16 Å². The van der Waals surface area contributed by atoms with E-state index < -0.39 is 11.7 Å². The van der Waals surface area contributed by atoms with E-state index in [-0.39, 0.29) is 12.0 Å². The Morgan fingerprint density at radius 3 is 2.28 bits per heavy atom. The first kappa shape index (κ1) is 18.8. The van der Waals surface area contributed by atoms with Crippen LogP contribution in [-0.2, 0) is 17.6 Å². The number of H-pyrrole nitrogens is 1. The maximum Gasteiger partial charge on any atom is 0.416 e. The van der Waals surface area contributed by atoms with Crippen LogP contribution in [0.2, 0.25) is 0 Å². The molecule has 0 aliphatic rings. The first-order valence-electron chi connectivity index (χ1n) is 7.64. The molecule has 1 N–H and O–H groups in total. The number of alkyl halides is 3. The third-order valence-electron chi connectivity index (χ3n) is 3.96. The summed E-state index contributed by atoms with van der Waals surface area (Å²) in [5.41, 5.74) is 2.66. The fraction of sp³-hybridized carbons (Fsp3) is 0.333. The number of aromatic amines is 1. The van der Waals surface area contributed by atoms with Gasteiger partial charge in [-0.2, -0.15) is 13.2 Å². The molecule has 1 aromatic heterocycles. The summed E-state index contributed by atoms with van der Waals surface area (Å²) in [6, 6.07) is 4.66. The van der Waals surface area contributed by atoms with E-state index in [0.717, 1.165) is 17.8 Å². The van der Waals surface area contributed by atoms with Crippen molar-refractivity contribution in [3.05, 3.63) is 68.1 Å². The van der Waals surface area contributed by atoms with Crippen LogP contribution >= 0.6 is 0 Å². The lowest BCUT2D eigenvalue weighted by molar-refractivity contribution is -0.137. The van der Waals surface area contributed by atoms with E-state index in [0.29, 0.717) is 28.1 Å². The quantitative estimate of drug-likeness (QED) is 0.660. The number of nitrogens with zero attached hydrogens (tertiary/aromatic N) is 1. The minimum Gasteiger partial charge on any atom is -0.391 e. The zero-order valence-electron chi connectivity index (χ0n) is 14.4. The van der Waals surface area contributed by atoms with Crippen LogP contribution in [0.3, 0.4) is 0 Å². The molecular formula is C18H19F3N2O2. The van der Waals surface area contributed by atoms with Gasteiger partial charge < -0.3 is 9.82 Å². The third kappa shape index (κ3) is 4.29. The lowest BCUT2D eigenvalue weighted by atomic mass is 10.1. The minimum absolute atomic E-state index is 0.0112. The molecule has 1 heterocycles. The Bertz CT molecular complexity index is 850. The maximum absolute atomic E-state index is 12.5. The first-order valence-corrected chi connectivity index (χ1v) is 7.64. The van der Waals surface area contributed by atoms with Crippen molar-refractivity contribution >= 4 is 5.71 Å². The molecule has 0 radical (unpaired) electrons. The van der Waals surface area contributed by atoms with Gasteiger partial charge in [-0.25, -0.2) is 0 Å². The van der Waals surface area contributed by atoms with Crippen LogP contribution in [0.25, 0.3) is 0 Å². The molecular weight excluding hydrogens is 333 g/mol. The molecule has 2 aromatic rings. The summed E-state index contributed by atoms with van der Waals surface area (Å²) in [5, 5.41) is 3.93. The van der Waals surface area contributed by atoms with Crippen molar-refractivity contribution in [1.29, 1.82) is 0 Å². The number of aryl methyl sites for hydroxylation is 2. The topological polar surface area (TPSA) is 54.4 Å². The molecule has 0 bridgehead atoms. The Morgan fingerprint density at radius 1 is 1.12 bits per heavy atom. The van der Waals surface area contributed by atoms with Gasteiger partial charge in [-0.1, -0.05) is 17.3 Å². The van der Waals surface area contributed by atoms with Gasteiger partial charge in [-0.05, 0) is 45.4 Å². The standard InChI is InChI=1S/C18H19F3N2O2/c1-10-11(2)22-12(3)16(17(10)24)13(4)23-25-9-14-5-7-15(8-6-14)18(19,20)21/h5-8H,9H2,1-4H3,(H,22,24). The Kier molecular flexibility index (Phi) is 5.35. The summed E-state index contributed by atoms with van der Waals surface area (Å²) < 4.78 is 37.5. The first-order chi connectivity index (χ1) is 11.6. The predicted octanol–water partition coefficient (Wildman–Crippen LogP) is 4.26. The smallest absolute Gasteiger partial charge is 0.391 e. The van der Waals surface area contributed by atoms with E-state index in [9.17, 15) is 18.0 Å². The van der Waals surface area contributed by atoms with Crippen LogP contribution in [-0.4, -0.2) is 10.7 Å². The molecule has 0 unspecified atom stereocenters. The monoisotopic (exact) mass is 352 g/mol. The number of pyridine rings is 1. The van der Waals surface area contributed by atoms with Gasteiger partial charge in [0.05, 0.1) is 16.8 Å². The van der Waals surface area contributed by atoms with E-state index in [4.69, 9.17) is 4.84 Å². The van der Waals surface area contributed by atoms with Crippen molar-refractivity contribution < 1.29 is 18.0 Å². The second-order valence-electron chi connectivity index (χ2n) is 5.85. The highest BCUT2D eigenvalue weighted by Crippen LogP contribution is 2.29. The van der Waals surface area contributed by atoms with E-state index in [1.54, 1.807) is 20.8 Å². The van der Waals surface area contributed by atoms with E-state index in [1.165, 1.54) is 12.1 Å². The molecule has 0 saturated heterocycles. The van der Waals surface area contributed by atoms with Crippen molar-refractivity contribution in [3.8, 4) is 0 Å². The van der Waals surface area contributed by atoms with Crippen molar-refractivity contribution in [2.45, 2.75) is 40.5 Å². The van der Waals surface area contributed by atoms with E-state index in [1.807, 2.05) is 6.92 Å². The van der Waals surface area contributed by atoms with Gasteiger partial charge in [0.15, 0.2) is 5.43 Å². The third-order valence-corrected chi connectivity index (χ3v) is 3.96. The molecule has 0 amide bonds. The van der Waals surface area contributed by atoms with Crippen LogP contribution in [0.4, 0.5) is 13.2 Å². The number of nitrogens with one attached hydrogen (secondary N) is 1. The number of halogens is 3. The van der Waals surface area contributed by atoms with Crippen LogP contribution in [0.15, 0.2) is 34.2 Å². The molecule has 0 atom stereocenters. The van der Waals surface area contributed by atoms with Crippen LogP contribution in [0, 0.1) is 20.8 Å². The SMILES string of the molecule is CC(=NOCc1ccc(C(F)(F)F)cc1)c1c(C)[nH]c(C)c(C)c1=O. The molecule has 0 aliphatic carbocycles. The van der Waals surface area contributed by atoms with Crippen molar-refractivity contribution in [2.75, 3.05) is 0 Å². The average Bonchev–Trinajstić information content (AvgIpc) is 2.52. The molecule has 0 saturated carbocycles. The fourth-order valence-corrected chi connectivity index (χ4v) is 2.44. The molecule has 25 heavy (non-hydrogen) atoms. The fourth-order valence-electron chi connectivity index (χ4n) is 2.44. The summed E-state index contributed by atoms with van der Waals surface area (Å²) >= 11 is 0. The summed E-state index contributed by atoms with van der Waals surface area (Å²) in [6.45, 7) is 6.99. The number of benzene rings is 1. The Balaban J connectivity index is 2.13. The highest BCUT2D eigenvalue weighted by molar-refractivity contribution is 5.99.